The van der Waals surface area contributed by atoms with Gasteiger partial charge in [-0.05, 0) is 13.3 Å². The summed E-state index contributed by atoms with van der Waals surface area (Å²) in [6, 6.07) is 0. The van der Waals surface area contributed by atoms with Crippen molar-refractivity contribution in [3.63, 3.8) is 0 Å². The molecule has 0 aromatic carbocycles. The molecule has 1 N–H and O–H groups in total. The monoisotopic (exact) mass is 244 g/mol. The lowest BCUT2D eigenvalue weighted by atomic mass is 10.1. The Morgan fingerprint density at radius 2 is 1.41 bits per heavy atom. The third-order valence-corrected chi connectivity index (χ3v) is 2.07. The molecule has 0 aliphatic heterocycles. The molecule has 0 spiro atoms. The van der Waals surface area contributed by atoms with E-state index in [0.717, 1.165) is 19.8 Å². The summed E-state index contributed by atoms with van der Waals surface area (Å²) in [4.78, 5) is 30.7. The van der Waals surface area contributed by atoms with Gasteiger partial charge in [-0.3, -0.25) is 9.59 Å². The molecular formula is C13H24O4. The summed E-state index contributed by atoms with van der Waals surface area (Å²) in [5.41, 5.74) is 0. The molecule has 4 heteroatoms. The number of carbonyl (C=O) groups is 3. The zero-order valence-corrected chi connectivity index (χ0v) is 11.1. The first kappa shape index (κ1) is 18.2. The average Bonchev–Trinajstić information content (AvgIpc) is 2.20. The molecule has 0 atom stereocenters. The minimum absolute atomic E-state index is 0.113. The van der Waals surface area contributed by atoms with Crippen LogP contribution in [0.4, 0.5) is 0 Å². The number of ketones is 2. The molecular weight excluding hydrogens is 220 g/mol. The number of Topliss-reactive ketones (excluding diaryl/α,β-unsaturated/α-hetero) is 2. The lowest BCUT2D eigenvalue weighted by Gasteiger charge is -1.98. The van der Waals surface area contributed by atoms with E-state index in [2.05, 4.69) is 6.92 Å². The number of carboxylic acid groups (broad SMARTS) is 1. The van der Waals surface area contributed by atoms with Gasteiger partial charge in [0.1, 0.15) is 11.6 Å². The summed E-state index contributed by atoms with van der Waals surface area (Å²) in [6.45, 7) is 4.77. The van der Waals surface area contributed by atoms with E-state index in [-0.39, 0.29) is 11.6 Å². The van der Waals surface area contributed by atoms with E-state index in [1.165, 1.54) is 19.8 Å². The lowest BCUT2D eigenvalue weighted by Crippen LogP contribution is -2.01. The summed E-state index contributed by atoms with van der Waals surface area (Å²) in [5, 5.41) is 7.42. The first-order chi connectivity index (χ1) is 7.90. The number of rotatable bonds is 8. The van der Waals surface area contributed by atoms with Crippen LogP contribution in [0.1, 0.15) is 65.7 Å². The van der Waals surface area contributed by atoms with E-state index >= 15 is 0 Å². The highest BCUT2D eigenvalue weighted by Gasteiger charge is 2.02. The van der Waals surface area contributed by atoms with Gasteiger partial charge in [0.05, 0.1) is 0 Å². The van der Waals surface area contributed by atoms with Crippen molar-refractivity contribution in [2.24, 2.45) is 0 Å². The summed E-state index contributed by atoms with van der Waals surface area (Å²) in [6.07, 6.45) is 6.07. The molecule has 4 nitrogen and oxygen atoms in total. The molecule has 0 unspecified atom stereocenters. The molecule has 0 saturated carbocycles. The number of carbonyl (C=O) groups excluding carboxylic acids is 2. The molecule has 0 aromatic rings. The van der Waals surface area contributed by atoms with Crippen LogP contribution in [0.25, 0.3) is 0 Å². The predicted molar refractivity (Wildman–Crippen MR) is 67.0 cm³/mol. The van der Waals surface area contributed by atoms with Crippen LogP contribution >= 0.6 is 0 Å². The van der Waals surface area contributed by atoms with Gasteiger partial charge < -0.3 is 9.90 Å². The topological polar surface area (TPSA) is 71.4 Å². The van der Waals surface area contributed by atoms with Gasteiger partial charge in [-0.1, -0.05) is 26.2 Å². The molecule has 0 amide bonds. The van der Waals surface area contributed by atoms with E-state index in [0.29, 0.717) is 19.3 Å². The Morgan fingerprint density at radius 3 is 1.82 bits per heavy atom. The Bertz CT molecular complexity index is 230. The Morgan fingerprint density at radius 1 is 0.882 bits per heavy atom. The fourth-order valence-electron chi connectivity index (χ4n) is 1.19. The first-order valence-corrected chi connectivity index (χ1v) is 6.10. The van der Waals surface area contributed by atoms with Crippen molar-refractivity contribution < 1.29 is 19.5 Å². The van der Waals surface area contributed by atoms with Gasteiger partial charge in [-0.15, -0.1) is 0 Å². The normalized spacial score (nSPS) is 9.12. The van der Waals surface area contributed by atoms with Gasteiger partial charge in [-0.25, -0.2) is 0 Å². The molecule has 0 bridgehead atoms. The van der Waals surface area contributed by atoms with Crippen molar-refractivity contribution in [2.45, 2.75) is 65.7 Å². The average molecular weight is 244 g/mol. The summed E-state index contributed by atoms with van der Waals surface area (Å²) < 4.78 is 0. The zero-order valence-electron chi connectivity index (χ0n) is 11.1. The maximum absolute atomic E-state index is 11.2. The van der Waals surface area contributed by atoms with Crippen LogP contribution in [0, 0.1) is 0 Å². The molecule has 0 rings (SSSR count). The van der Waals surface area contributed by atoms with Crippen molar-refractivity contribution in [2.75, 3.05) is 0 Å². The van der Waals surface area contributed by atoms with Crippen LogP contribution in [0.15, 0.2) is 0 Å². The highest BCUT2D eigenvalue weighted by atomic mass is 16.4. The maximum atomic E-state index is 11.2. The Balaban J connectivity index is 0. The zero-order chi connectivity index (χ0) is 13.7. The molecule has 17 heavy (non-hydrogen) atoms. The van der Waals surface area contributed by atoms with Gasteiger partial charge in [-0.2, -0.15) is 0 Å². The largest absolute Gasteiger partial charge is 0.481 e. The van der Waals surface area contributed by atoms with Crippen LogP contribution in [0.5, 0.6) is 0 Å². The second kappa shape index (κ2) is 12.9. The van der Waals surface area contributed by atoms with Gasteiger partial charge in [0, 0.05) is 26.2 Å². The smallest absolute Gasteiger partial charge is 0.300 e. The highest BCUT2D eigenvalue weighted by molar-refractivity contribution is 5.84. The SMILES string of the molecule is CC(=O)O.CCCCCCC(=O)CCC(C)=O. The fraction of sp³-hybridized carbons (Fsp3) is 0.769. The lowest BCUT2D eigenvalue weighted by molar-refractivity contribution is -0.134. The Labute approximate surface area is 103 Å². The fourth-order valence-corrected chi connectivity index (χ4v) is 1.19. The molecule has 0 saturated heterocycles. The number of hydrogen-bond acceptors (Lipinski definition) is 3. The highest BCUT2D eigenvalue weighted by Crippen LogP contribution is 2.05. The van der Waals surface area contributed by atoms with Crippen LogP contribution in [0.2, 0.25) is 0 Å². The quantitative estimate of drug-likeness (QED) is 0.666. The van der Waals surface area contributed by atoms with Gasteiger partial charge in [0.15, 0.2) is 0 Å². The molecule has 0 aliphatic rings. The molecule has 0 heterocycles. The summed E-state index contributed by atoms with van der Waals surface area (Å²) in [7, 11) is 0. The van der Waals surface area contributed by atoms with Gasteiger partial charge in [0.2, 0.25) is 0 Å². The van der Waals surface area contributed by atoms with Crippen LogP contribution in [0.3, 0.4) is 0 Å². The molecule has 0 radical (unpaired) electrons. The van der Waals surface area contributed by atoms with E-state index in [1.54, 1.807) is 0 Å². The minimum Gasteiger partial charge on any atom is -0.481 e. The summed E-state index contributed by atoms with van der Waals surface area (Å²) >= 11 is 0. The first-order valence-electron chi connectivity index (χ1n) is 6.10. The van der Waals surface area contributed by atoms with E-state index < -0.39 is 5.97 Å². The molecule has 0 aliphatic carbocycles. The maximum Gasteiger partial charge on any atom is 0.300 e. The van der Waals surface area contributed by atoms with Crippen molar-refractivity contribution in [3.8, 4) is 0 Å². The van der Waals surface area contributed by atoms with Crippen molar-refractivity contribution in [1.82, 2.24) is 0 Å². The molecule has 100 valence electrons. The molecule has 0 fully saturated rings. The summed E-state index contributed by atoms with van der Waals surface area (Å²) in [5.74, 6) is -0.479. The third kappa shape index (κ3) is 25.3. The van der Waals surface area contributed by atoms with Crippen molar-refractivity contribution in [1.29, 1.82) is 0 Å². The van der Waals surface area contributed by atoms with E-state index in [1.807, 2.05) is 0 Å². The van der Waals surface area contributed by atoms with Crippen molar-refractivity contribution >= 4 is 17.5 Å². The number of unbranched alkanes of at least 4 members (excludes halogenated alkanes) is 3. The minimum atomic E-state index is -0.833. The second-order valence-corrected chi connectivity index (χ2v) is 4.07. The number of hydrogen-bond donors (Lipinski definition) is 1. The van der Waals surface area contributed by atoms with Crippen molar-refractivity contribution in [3.05, 3.63) is 0 Å². The van der Waals surface area contributed by atoms with Crippen LogP contribution < -0.4 is 0 Å². The number of carboxylic acids is 1. The standard InChI is InChI=1S/C11H20O2.C2H4O2/c1-3-4-5-6-7-11(13)9-8-10(2)12;1-2(3)4/h3-9H2,1-2H3;1H3,(H,3,4). The van der Waals surface area contributed by atoms with E-state index in [4.69, 9.17) is 9.90 Å². The van der Waals surface area contributed by atoms with Crippen LogP contribution in [-0.2, 0) is 14.4 Å². The second-order valence-electron chi connectivity index (χ2n) is 4.07. The van der Waals surface area contributed by atoms with E-state index in [9.17, 15) is 9.59 Å². The number of aliphatic carboxylic acids is 1. The third-order valence-electron chi connectivity index (χ3n) is 2.07. The molecule has 0 aromatic heterocycles. The predicted octanol–water partition coefficient (Wildman–Crippen LogP) is 2.99. The van der Waals surface area contributed by atoms with Gasteiger partial charge in [0.25, 0.3) is 5.97 Å². The Hall–Kier alpha value is -1.19. The van der Waals surface area contributed by atoms with Gasteiger partial charge >= 0.3 is 0 Å². The van der Waals surface area contributed by atoms with Crippen LogP contribution in [-0.4, -0.2) is 22.6 Å². The Kier molecular flexibility index (Phi) is 13.8.